The average molecular weight is 1380 g/mol. The zero-order valence-corrected chi connectivity index (χ0v) is 61.5. The number of alkyl carbamates (subject to hydrolysis) is 1. The maximum Gasteiger partial charge on any atom is 0.407 e. The molecule has 0 bridgehead atoms. The SMILES string of the molecule is CCCCCCCCCC(CCCCCCCCNC(=O)CCOc1ccc(Nc2ccc3c4c(cc(=O)n3C)-c3ccccc3C(=O)c24)cc1)C(CCCCCCCCC)CCCCCCCCNC(=O)OCCc1ccc(Nc2ccc3c4c(cc(=O)n3C)-c3ccccc3C(=O)c24)cc1. The van der Waals surface area contributed by atoms with Crippen molar-refractivity contribution in [3.05, 3.63) is 182 Å². The number of hydrogen-bond acceptors (Lipinski definition) is 10. The Hall–Kier alpha value is -8.78. The van der Waals surface area contributed by atoms with Crippen molar-refractivity contribution in [2.75, 3.05) is 36.9 Å². The maximum atomic E-state index is 14.0. The molecule has 2 aliphatic rings. The summed E-state index contributed by atoms with van der Waals surface area (Å²) in [5, 5.41) is 14.5. The van der Waals surface area contributed by atoms with Crippen LogP contribution in [0.15, 0.2) is 143 Å². The predicted octanol–water partition coefficient (Wildman–Crippen LogP) is 21.1. The normalized spacial score (nSPS) is 12.7. The molecule has 542 valence electrons. The van der Waals surface area contributed by atoms with Crippen LogP contribution in [-0.2, 0) is 30.0 Å². The van der Waals surface area contributed by atoms with Crippen molar-refractivity contribution in [1.82, 2.24) is 19.8 Å². The minimum Gasteiger partial charge on any atom is -0.493 e. The predicted molar refractivity (Wildman–Crippen MR) is 419 cm³/mol. The lowest BCUT2D eigenvalue weighted by Gasteiger charge is -2.28. The lowest BCUT2D eigenvalue weighted by molar-refractivity contribution is -0.121. The summed E-state index contributed by atoms with van der Waals surface area (Å²) in [6.45, 7) is 6.46. The van der Waals surface area contributed by atoms with Crippen molar-refractivity contribution < 1.29 is 28.7 Å². The topological polar surface area (TPSA) is 179 Å². The summed E-state index contributed by atoms with van der Waals surface area (Å²) in [4.78, 5) is 79.3. The minimum atomic E-state index is -0.373. The molecule has 2 heterocycles. The molecule has 2 aliphatic carbocycles. The molecule has 8 aromatic rings. The van der Waals surface area contributed by atoms with Crippen molar-refractivity contribution in [1.29, 1.82) is 0 Å². The first-order valence-corrected chi connectivity index (χ1v) is 39.1. The van der Waals surface area contributed by atoms with E-state index in [1.54, 1.807) is 35.4 Å². The molecule has 0 spiro atoms. The third kappa shape index (κ3) is 20.7. The first kappa shape index (κ1) is 75.9. The van der Waals surface area contributed by atoms with E-state index >= 15 is 0 Å². The molecule has 102 heavy (non-hydrogen) atoms. The quantitative estimate of drug-likeness (QED) is 0.0268. The minimum absolute atomic E-state index is 0.00111. The van der Waals surface area contributed by atoms with E-state index in [1.807, 2.05) is 121 Å². The number of aryl methyl sites for hydroxylation is 2. The molecule has 2 unspecified atom stereocenters. The van der Waals surface area contributed by atoms with Crippen LogP contribution in [0.25, 0.3) is 44.1 Å². The molecule has 0 saturated carbocycles. The van der Waals surface area contributed by atoms with Gasteiger partial charge in [-0.15, -0.1) is 0 Å². The summed E-state index contributed by atoms with van der Waals surface area (Å²) in [7, 11) is 3.47. The highest BCUT2D eigenvalue weighted by Crippen LogP contribution is 2.44. The fourth-order valence-electron chi connectivity index (χ4n) is 15.5. The number of carbonyl (C=O) groups excluding carboxylic acids is 4. The second-order valence-electron chi connectivity index (χ2n) is 28.8. The Morgan fingerprint density at radius 1 is 0.412 bits per heavy atom. The molecule has 14 nitrogen and oxygen atoms in total. The number of fused-ring (bicyclic) bond motifs is 4. The van der Waals surface area contributed by atoms with Crippen LogP contribution in [0.2, 0.25) is 0 Å². The van der Waals surface area contributed by atoms with Gasteiger partial charge in [0, 0.05) is 79.0 Å². The third-order valence-corrected chi connectivity index (χ3v) is 21.4. The molecule has 0 aliphatic heterocycles. The number of carbonyl (C=O) groups is 4. The number of nitrogens with one attached hydrogen (secondary N) is 4. The van der Waals surface area contributed by atoms with Crippen molar-refractivity contribution in [3.8, 4) is 28.0 Å². The molecule has 14 heteroatoms. The molecule has 2 amide bonds. The highest BCUT2D eigenvalue weighted by molar-refractivity contribution is 6.29. The van der Waals surface area contributed by atoms with E-state index in [9.17, 15) is 28.8 Å². The van der Waals surface area contributed by atoms with Gasteiger partial charge in [-0.05, 0) is 113 Å². The van der Waals surface area contributed by atoms with Crippen LogP contribution < -0.4 is 37.1 Å². The molecule has 6 aromatic carbocycles. The van der Waals surface area contributed by atoms with E-state index in [0.717, 1.165) is 93.0 Å². The first-order valence-electron chi connectivity index (χ1n) is 39.1. The third-order valence-electron chi connectivity index (χ3n) is 21.4. The van der Waals surface area contributed by atoms with Gasteiger partial charge >= 0.3 is 6.09 Å². The fraction of sp³-hybridized carbons (Fsp3) is 0.477. The second-order valence-corrected chi connectivity index (χ2v) is 28.8. The molecule has 4 N–H and O–H groups in total. The van der Waals surface area contributed by atoms with Gasteiger partial charge < -0.3 is 39.9 Å². The highest BCUT2D eigenvalue weighted by atomic mass is 16.5. The van der Waals surface area contributed by atoms with E-state index in [-0.39, 0.29) is 54.3 Å². The second kappa shape index (κ2) is 39.6. The Morgan fingerprint density at radius 2 is 0.804 bits per heavy atom. The maximum absolute atomic E-state index is 14.0. The number of unbranched alkanes of at least 4 members (excludes halogenated alkanes) is 22. The van der Waals surface area contributed by atoms with E-state index in [4.69, 9.17) is 9.47 Å². The number of ether oxygens (including phenoxy) is 2. The molecule has 2 aromatic heterocycles. The van der Waals surface area contributed by atoms with Gasteiger partial charge in [0.15, 0.2) is 11.6 Å². The number of amides is 2. The average Bonchev–Trinajstić information content (AvgIpc) is 0.730. The summed E-state index contributed by atoms with van der Waals surface area (Å²) < 4.78 is 14.8. The molecule has 10 rings (SSSR count). The van der Waals surface area contributed by atoms with E-state index in [0.29, 0.717) is 64.4 Å². The first-order chi connectivity index (χ1) is 49.9. The van der Waals surface area contributed by atoms with Gasteiger partial charge in [0.25, 0.3) is 11.1 Å². The summed E-state index contributed by atoms with van der Waals surface area (Å²) in [6.07, 6.45) is 39.2. The Morgan fingerprint density at radius 3 is 1.25 bits per heavy atom. The highest BCUT2D eigenvalue weighted by Gasteiger charge is 2.31. The van der Waals surface area contributed by atoms with Crippen LogP contribution in [-0.4, -0.2) is 59.0 Å². The Bertz CT molecular complexity index is 3920. The van der Waals surface area contributed by atoms with E-state index < -0.39 is 0 Å². The number of hydrogen-bond donors (Lipinski definition) is 4. The van der Waals surface area contributed by atoms with Gasteiger partial charge in [-0.25, -0.2) is 4.79 Å². The van der Waals surface area contributed by atoms with Crippen molar-refractivity contribution in [2.24, 2.45) is 25.9 Å². The van der Waals surface area contributed by atoms with Crippen molar-refractivity contribution >= 4 is 68.1 Å². The van der Waals surface area contributed by atoms with Gasteiger partial charge in [0.05, 0.1) is 53.2 Å². The molecule has 0 saturated heterocycles. The van der Waals surface area contributed by atoms with Gasteiger partial charge in [-0.1, -0.05) is 254 Å². The molecule has 0 radical (unpaired) electrons. The number of ketones is 2. The van der Waals surface area contributed by atoms with Crippen molar-refractivity contribution in [3.63, 3.8) is 0 Å². The number of aromatic nitrogens is 2. The number of nitrogens with zero attached hydrogens (tertiary/aromatic N) is 2. The monoisotopic (exact) mass is 1380 g/mol. The number of rotatable bonds is 46. The molecular formula is C88H112N6O8. The zero-order chi connectivity index (χ0) is 71.4. The Labute approximate surface area is 605 Å². The Kier molecular flexibility index (Phi) is 29.5. The number of anilines is 4. The smallest absolute Gasteiger partial charge is 0.407 e. The molecule has 0 fully saturated rings. The van der Waals surface area contributed by atoms with Crippen LogP contribution in [0.1, 0.15) is 250 Å². The molecule has 2 atom stereocenters. The lowest BCUT2D eigenvalue weighted by atomic mass is 9.78. The van der Waals surface area contributed by atoms with Crippen LogP contribution in [0.3, 0.4) is 0 Å². The van der Waals surface area contributed by atoms with Crippen LogP contribution in [0.5, 0.6) is 5.75 Å². The fourth-order valence-corrected chi connectivity index (χ4v) is 15.5. The number of benzene rings is 6. The van der Waals surface area contributed by atoms with Crippen LogP contribution in [0.4, 0.5) is 27.5 Å². The van der Waals surface area contributed by atoms with Crippen LogP contribution >= 0.6 is 0 Å². The van der Waals surface area contributed by atoms with Gasteiger partial charge in [-0.2, -0.15) is 0 Å². The van der Waals surface area contributed by atoms with Crippen molar-refractivity contribution in [2.45, 2.75) is 219 Å². The molecular weight excluding hydrogens is 1270 g/mol. The summed E-state index contributed by atoms with van der Waals surface area (Å²) in [5.41, 5.74) is 10.5. The van der Waals surface area contributed by atoms with E-state index in [2.05, 4.69) is 35.1 Å². The standard InChI is InChI=1S/C88H112N6O8/c1-5-7-9-11-13-19-25-35-64(37-27-21-15-17-23-33-57-89-79(95)56-60-101-68-49-47-67(48-50-68)92-76-52-54-78-83-74(62-81(97)94(78)4)70-40-30-32-42-72(70)87(99)85(76)83)65(36-26-20-14-12-10-8-6-2)38-28-22-16-18-24-34-58-90-88(100)102-59-55-63-43-45-66(46-44-63)91-75-51-53-77-82-73(61-80(96)93(77)3)69-39-29-31-41-71(69)86(98)84(75)82/h29-32,39-54,61-62,64-65,91-92H,5-28,33-38,55-60H2,1-4H3,(H,89,95)(H,90,100). The largest absolute Gasteiger partial charge is 0.493 e. The van der Waals surface area contributed by atoms with Gasteiger partial charge in [0.2, 0.25) is 5.91 Å². The van der Waals surface area contributed by atoms with Gasteiger partial charge in [-0.3, -0.25) is 24.0 Å². The Balaban J connectivity index is 0.593. The van der Waals surface area contributed by atoms with Crippen LogP contribution in [0, 0.1) is 11.8 Å². The zero-order valence-electron chi connectivity index (χ0n) is 61.5. The summed E-state index contributed by atoms with van der Waals surface area (Å²) >= 11 is 0. The van der Waals surface area contributed by atoms with E-state index in [1.165, 1.54) is 167 Å². The van der Waals surface area contributed by atoms with Gasteiger partial charge in [0.1, 0.15) is 5.75 Å². The lowest BCUT2D eigenvalue weighted by Crippen LogP contribution is -2.26. The summed E-state index contributed by atoms with van der Waals surface area (Å²) in [5.74, 6) is 2.14. The number of pyridine rings is 2. The summed E-state index contributed by atoms with van der Waals surface area (Å²) in [6, 6.07) is 41.2.